The van der Waals surface area contributed by atoms with Crippen LogP contribution in [-0.4, -0.2) is 12.5 Å². The molecule has 0 aliphatic carbocycles. The lowest BCUT2D eigenvalue weighted by Crippen LogP contribution is -2.14. The average molecular weight is 399 g/mol. The van der Waals surface area contributed by atoms with Gasteiger partial charge in [-0.25, -0.2) is 0 Å². The molecule has 3 aromatic carbocycles. The highest BCUT2D eigenvalue weighted by Crippen LogP contribution is 2.31. The van der Waals surface area contributed by atoms with Crippen LogP contribution in [0.3, 0.4) is 0 Å². The normalized spacial score (nSPS) is 11.2. The molecule has 4 nitrogen and oxygen atoms in total. The fourth-order valence-corrected chi connectivity index (χ4v) is 3.25. The van der Waals surface area contributed by atoms with Gasteiger partial charge in [-0.15, -0.1) is 0 Å². The first-order valence-electron chi connectivity index (χ1n) is 10.2. The Balaban J connectivity index is 2.01. The number of fused-ring (bicyclic) bond motifs is 1. The third-order valence-electron chi connectivity index (χ3n) is 5.19. The van der Waals surface area contributed by atoms with Crippen LogP contribution in [0.5, 0.6) is 5.75 Å². The number of anilines is 1. The number of carbonyl (C=O) groups excluding carboxylic acids is 1. The van der Waals surface area contributed by atoms with Gasteiger partial charge in [0, 0.05) is 11.3 Å². The molecule has 30 heavy (non-hydrogen) atoms. The van der Waals surface area contributed by atoms with Gasteiger partial charge >= 0.3 is 0 Å². The highest BCUT2D eigenvalue weighted by molar-refractivity contribution is 6.11. The number of nitrogens with zero attached hydrogens (tertiary/aromatic N) is 1. The van der Waals surface area contributed by atoms with E-state index in [1.54, 1.807) is 6.08 Å². The number of amides is 1. The van der Waals surface area contributed by atoms with Crippen LogP contribution in [0.25, 0.3) is 16.8 Å². The zero-order valence-electron chi connectivity index (χ0n) is 17.7. The molecule has 0 radical (unpaired) electrons. The number of nitriles is 1. The van der Waals surface area contributed by atoms with E-state index in [0.717, 1.165) is 40.3 Å². The molecule has 0 unspecified atom stereocenters. The van der Waals surface area contributed by atoms with E-state index in [4.69, 9.17) is 4.74 Å². The van der Waals surface area contributed by atoms with E-state index >= 15 is 0 Å². The van der Waals surface area contributed by atoms with E-state index in [1.165, 1.54) is 0 Å². The fourth-order valence-electron chi connectivity index (χ4n) is 3.25. The Hall–Kier alpha value is -3.58. The van der Waals surface area contributed by atoms with Gasteiger partial charge in [-0.3, -0.25) is 4.79 Å². The van der Waals surface area contributed by atoms with Crippen LogP contribution in [0.2, 0.25) is 0 Å². The van der Waals surface area contributed by atoms with Gasteiger partial charge in [0.2, 0.25) is 0 Å². The summed E-state index contributed by atoms with van der Waals surface area (Å²) in [5.74, 6) is 0.244. The van der Waals surface area contributed by atoms with E-state index in [-0.39, 0.29) is 5.57 Å². The van der Waals surface area contributed by atoms with Crippen molar-refractivity contribution in [3.05, 3.63) is 76.9 Å². The minimum Gasteiger partial charge on any atom is -0.493 e. The van der Waals surface area contributed by atoms with Crippen LogP contribution >= 0.6 is 0 Å². The number of hydrogen-bond donors (Lipinski definition) is 1. The summed E-state index contributed by atoms with van der Waals surface area (Å²) in [5.41, 5.74) is 3.55. The molecule has 0 fully saturated rings. The largest absolute Gasteiger partial charge is 0.493 e. The van der Waals surface area contributed by atoms with Crippen molar-refractivity contribution in [2.45, 2.75) is 33.6 Å². The zero-order valence-corrected chi connectivity index (χ0v) is 17.7. The van der Waals surface area contributed by atoms with Crippen LogP contribution < -0.4 is 10.1 Å². The summed E-state index contributed by atoms with van der Waals surface area (Å²) in [4.78, 5) is 12.9. The molecule has 3 aromatic rings. The Kier molecular flexibility index (Phi) is 6.87. The summed E-state index contributed by atoms with van der Waals surface area (Å²) >= 11 is 0. The number of rotatable bonds is 7. The van der Waals surface area contributed by atoms with E-state index in [9.17, 15) is 10.1 Å². The lowest BCUT2D eigenvalue weighted by molar-refractivity contribution is -0.112. The molecule has 152 valence electrons. The van der Waals surface area contributed by atoms with Crippen LogP contribution in [0.1, 0.15) is 36.5 Å². The summed E-state index contributed by atoms with van der Waals surface area (Å²) in [6, 6.07) is 19.6. The summed E-state index contributed by atoms with van der Waals surface area (Å²) in [7, 11) is 0. The number of benzene rings is 3. The van der Waals surface area contributed by atoms with Crippen LogP contribution in [-0.2, 0) is 4.79 Å². The smallest absolute Gasteiger partial charge is 0.266 e. The number of carbonyl (C=O) groups is 1. The van der Waals surface area contributed by atoms with Crippen molar-refractivity contribution >= 4 is 28.4 Å². The quantitative estimate of drug-likeness (QED) is 0.294. The van der Waals surface area contributed by atoms with E-state index in [2.05, 4.69) is 18.3 Å². The molecule has 0 spiro atoms. The molecular formula is C26H26N2O2. The first-order valence-corrected chi connectivity index (χ1v) is 10.2. The second-order valence-corrected chi connectivity index (χ2v) is 7.27. The third kappa shape index (κ3) is 4.69. The molecule has 0 saturated heterocycles. The van der Waals surface area contributed by atoms with Crippen molar-refractivity contribution in [1.82, 2.24) is 0 Å². The molecular weight excluding hydrogens is 372 g/mol. The third-order valence-corrected chi connectivity index (χ3v) is 5.19. The lowest BCUT2D eigenvalue weighted by atomic mass is 10.0. The maximum absolute atomic E-state index is 12.9. The van der Waals surface area contributed by atoms with Crippen LogP contribution in [0.15, 0.2) is 60.2 Å². The molecule has 0 bridgehead atoms. The number of unbranched alkanes of at least 4 members (excludes halogenated alkanes) is 1. The van der Waals surface area contributed by atoms with Gasteiger partial charge in [-0.1, -0.05) is 55.8 Å². The van der Waals surface area contributed by atoms with Crippen molar-refractivity contribution in [2.24, 2.45) is 0 Å². The Morgan fingerprint density at radius 2 is 1.90 bits per heavy atom. The monoisotopic (exact) mass is 398 g/mol. The molecule has 0 saturated carbocycles. The van der Waals surface area contributed by atoms with Crippen LogP contribution in [0, 0.1) is 25.2 Å². The predicted octanol–water partition coefficient (Wildman–Crippen LogP) is 6.18. The minimum absolute atomic E-state index is 0.0348. The highest BCUT2D eigenvalue weighted by atomic mass is 16.5. The standard InChI is InChI=1S/C26H26N2O2/c1-4-5-15-30-25-14-13-20-10-6-7-11-22(20)23(25)16-21(17-27)26(29)28-24-12-8-9-18(2)19(24)3/h6-14,16H,4-5,15H2,1-3H3,(H,28,29)/b21-16-. The Morgan fingerprint density at radius 3 is 2.67 bits per heavy atom. The van der Waals surface area contributed by atoms with Crippen molar-refractivity contribution < 1.29 is 9.53 Å². The van der Waals surface area contributed by atoms with Gasteiger partial charge in [-0.05, 0) is 60.4 Å². The minimum atomic E-state index is -0.432. The van der Waals surface area contributed by atoms with Gasteiger partial charge < -0.3 is 10.1 Å². The van der Waals surface area contributed by atoms with E-state index in [0.29, 0.717) is 18.0 Å². The average Bonchev–Trinajstić information content (AvgIpc) is 2.76. The van der Waals surface area contributed by atoms with Gasteiger partial charge in [-0.2, -0.15) is 5.26 Å². The summed E-state index contributed by atoms with van der Waals surface area (Å²) < 4.78 is 5.98. The molecule has 3 rings (SSSR count). The Morgan fingerprint density at radius 1 is 1.10 bits per heavy atom. The first kappa shape index (κ1) is 21.1. The molecule has 0 heterocycles. The van der Waals surface area contributed by atoms with Crippen molar-refractivity contribution in [1.29, 1.82) is 5.26 Å². The summed E-state index contributed by atoms with van der Waals surface area (Å²) in [6.45, 7) is 6.63. The maximum atomic E-state index is 12.9. The van der Waals surface area contributed by atoms with Gasteiger partial charge in [0.15, 0.2) is 0 Å². The van der Waals surface area contributed by atoms with Gasteiger partial charge in [0.25, 0.3) is 5.91 Å². The van der Waals surface area contributed by atoms with Crippen molar-refractivity contribution in [2.75, 3.05) is 11.9 Å². The van der Waals surface area contributed by atoms with Crippen LogP contribution in [0.4, 0.5) is 5.69 Å². The number of aryl methyl sites for hydroxylation is 1. The molecule has 0 aliphatic rings. The predicted molar refractivity (Wildman–Crippen MR) is 122 cm³/mol. The van der Waals surface area contributed by atoms with Gasteiger partial charge in [0.1, 0.15) is 17.4 Å². The van der Waals surface area contributed by atoms with E-state index < -0.39 is 5.91 Å². The molecule has 0 aromatic heterocycles. The molecule has 0 aliphatic heterocycles. The van der Waals surface area contributed by atoms with Crippen molar-refractivity contribution in [3.63, 3.8) is 0 Å². The Labute approximate surface area is 177 Å². The lowest BCUT2D eigenvalue weighted by Gasteiger charge is -2.13. The molecule has 4 heteroatoms. The van der Waals surface area contributed by atoms with E-state index in [1.807, 2.05) is 68.4 Å². The maximum Gasteiger partial charge on any atom is 0.266 e. The highest BCUT2D eigenvalue weighted by Gasteiger charge is 2.15. The zero-order chi connectivity index (χ0) is 21.5. The molecule has 0 atom stereocenters. The van der Waals surface area contributed by atoms with Gasteiger partial charge in [0.05, 0.1) is 6.61 Å². The molecule has 1 amide bonds. The molecule has 1 N–H and O–H groups in total. The summed E-state index contributed by atoms with van der Waals surface area (Å²) in [5, 5.41) is 14.6. The second-order valence-electron chi connectivity index (χ2n) is 7.27. The number of hydrogen-bond acceptors (Lipinski definition) is 3. The topological polar surface area (TPSA) is 62.1 Å². The van der Waals surface area contributed by atoms with Crippen molar-refractivity contribution in [3.8, 4) is 11.8 Å². The summed E-state index contributed by atoms with van der Waals surface area (Å²) in [6.07, 6.45) is 3.60. The number of nitrogens with one attached hydrogen (secondary N) is 1. The number of ether oxygens (including phenoxy) is 1. The Bertz CT molecular complexity index is 1140. The first-order chi connectivity index (χ1) is 14.5. The second kappa shape index (κ2) is 9.76. The fraction of sp³-hybridized carbons (Fsp3) is 0.231. The SMILES string of the molecule is CCCCOc1ccc2ccccc2c1/C=C(/C#N)C(=O)Nc1cccc(C)c1C.